The predicted molar refractivity (Wildman–Crippen MR) is 101 cm³/mol. The average Bonchev–Trinajstić information content (AvgIpc) is 3.03. The lowest BCUT2D eigenvalue weighted by molar-refractivity contribution is -0.0598. The third-order valence-corrected chi connectivity index (χ3v) is 5.57. The van der Waals surface area contributed by atoms with Gasteiger partial charge in [-0.15, -0.1) is 0 Å². The molecule has 26 heavy (non-hydrogen) atoms. The van der Waals surface area contributed by atoms with Crippen LogP contribution >= 0.6 is 0 Å². The molecule has 3 aromatic rings. The van der Waals surface area contributed by atoms with E-state index < -0.39 is 5.72 Å². The van der Waals surface area contributed by atoms with E-state index in [1.165, 1.54) is 0 Å². The van der Waals surface area contributed by atoms with Crippen LogP contribution in [0.5, 0.6) is 0 Å². The van der Waals surface area contributed by atoms with E-state index in [9.17, 15) is 4.79 Å². The van der Waals surface area contributed by atoms with Crippen LogP contribution in [0.25, 0.3) is 11.1 Å². The van der Waals surface area contributed by atoms with Crippen LogP contribution in [-0.2, 0) is 10.5 Å². The van der Waals surface area contributed by atoms with Crippen molar-refractivity contribution < 1.29 is 9.53 Å². The maximum atomic E-state index is 13.6. The Balaban J connectivity index is 1.78. The lowest BCUT2D eigenvalue weighted by Gasteiger charge is -2.36. The number of hydrogen-bond acceptors (Lipinski definition) is 2. The minimum atomic E-state index is -0.785. The van der Waals surface area contributed by atoms with Gasteiger partial charge in [0.05, 0.1) is 12.6 Å². The van der Waals surface area contributed by atoms with Gasteiger partial charge in [-0.1, -0.05) is 72.8 Å². The first-order valence-electron chi connectivity index (χ1n) is 8.91. The van der Waals surface area contributed by atoms with Gasteiger partial charge in [-0.05, 0) is 29.7 Å². The van der Waals surface area contributed by atoms with Crippen molar-refractivity contribution in [2.75, 3.05) is 6.61 Å². The molecule has 3 nitrogen and oxygen atoms in total. The number of benzene rings is 3. The fourth-order valence-corrected chi connectivity index (χ4v) is 4.30. The van der Waals surface area contributed by atoms with Crippen LogP contribution in [0.1, 0.15) is 34.5 Å². The van der Waals surface area contributed by atoms with E-state index in [1.807, 2.05) is 66.4 Å². The van der Waals surface area contributed by atoms with Crippen LogP contribution in [0.15, 0.2) is 78.9 Å². The summed E-state index contributed by atoms with van der Waals surface area (Å²) in [6.07, 6.45) is 0. The first-order chi connectivity index (χ1) is 12.7. The first kappa shape index (κ1) is 15.4. The summed E-state index contributed by atoms with van der Waals surface area (Å²) < 4.78 is 6.32. The van der Waals surface area contributed by atoms with E-state index in [2.05, 4.69) is 24.3 Å². The summed E-state index contributed by atoms with van der Waals surface area (Å²) in [5, 5.41) is 0. The van der Waals surface area contributed by atoms with E-state index in [-0.39, 0.29) is 11.9 Å². The van der Waals surface area contributed by atoms with Crippen molar-refractivity contribution in [2.45, 2.75) is 18.7 Å². The van der Waals surface area contributed by atoms with Gasteiger partial charge >= 0.3 is 0 Å². The number of carbonyl (C=O) groups is 1. The fourth-order valence-electron chi connectivity index (χ4n) is 4.30. The van der Waals surface area contributed by atoms with Gasteiger partial charge in [-0.2, -0.15) is 0 Å². The summed E-state index contributed by atoms with van der Waals surface area (Å²) in [6, 6.07) is 26.1. The molecule has 1 saturated heterocycles. The largest absolute Gasteiger partial charge is 0.349 e. The summed E-state index contributed by atoms with van der Waals surface area (Å²) in [5.41, 5.74) is 4.12. The van der Waals surface area contributed by atoms with Crippen molar-refractivity contribution in [3.05, 3.63) is 95.6 Å². The van der Waals surface area contributed by atoms with Gasteiger partial charge in [0.25, 0.3) is 5.91 Å². The molecular formula is C23H19NO2. The number of carbonyl (C=O) groups excluding carboxylic acids is 1. The molecule has 1 amide bonds. The van der Waals surface area contributed by atoms with Gasteiger partial charge in [0.2, 0.25) is 0 Å². The van der Waals surface area contributed by atoms with Gasteiger partial charge in [0.15, 0.2) is 5.72 Å². The van der Waals surface area contributed by atoms with Gasteiger partial charge in [-0.25, -0.2) is 0 Å². The summed E-state index contributed by atoms with van der Waals surface area (Å²) in [4.78, 5) is 15.5. The standard InChI is InChI=1S/C23H19NO2/c1-23-20-14-8-7-12-18(20)17-11-5-6-13-19(17)22(25)24(23)21(15-26-23)16-9-3-2-4-10-16/h2-14,21H,15H2,1H3/t21-,23-/m0/s1. The molecule has 0 N–H and O–H groups in total. The minimum absolute atomic E-state index is 0.0191. The quantitative estimate of drug-likeness (QED) is 0.639. The Bertz CT molecular complexity index is 998. The highest BCUT2D eigenvalue weighted by Crippen LogP contribution is 2.49. The molecule has 2 heterocycles. The first-order valence-corrected chi connectivity index (χ1v) is 8.91. The van der Waals surface area contributed by atoms with Crippen molar-refractivity contribution in [3.8, 4) is 11.1 Å². The van der Waals surface area contributed by atoms with Crippen LogP contribution in [0, 0.1) is 0 Å². The van der Waals surface area contributed by atoms with Crippen LogP contribution in [-0.4, -0.2) is 17.4 Å². The Labute approximate surface area is 152 Å². The molecule has 2 aliphatic heterocycles. The zero-order valence-electron chi connectivity index (χ0n) is 14.6. The van der Waals surface area contributed by atoms with Crippen LogP contribution in [0.3, 0.4) is 0 Å². The number of rotatable bonds is 1. The van der Waals surface area contributed by atoms with E-state index in [4.69, 9.17) is 4.74 Å². The molecule has 0 saturated carbocycles. The third kappa shape index (κ3) is 2.01. The van der Waals surface area contributed by atoms with Crippen LogP contribution in [0.4, 0.5) is 0 Å². The molecule has 0 aliphatic carbocycles. The topological polar surface area (TPSA) is 29.5 Å². The number of hydrogen-bond donors (Lipinski definition) is 0. The molecule has 0 bridgehead atoms. The molecule has 0 radical (unpaired) electrons. The Kier molecular flexibility index (Phi) is 3.28. The van der Waals surface area contributed by atoms with Gasteiger partial charge in [0.1, 0.15) is 0 Å². The number of nitrogens with zero attached hydrogens (tertiary/aromatic N) is 1. The predicted octanol–water partition coefficient (Wildman–Crippen LogP) is 4.75. The average molecular weight is 341 g/mol. The van der Waals surface area contributed by atoms with Crippen LogP contribution < -0.4 is 0 Å². The van der Waals surface area contributed by atoms with Crippen LogP contribution in [0.2, 0.25) is 0 Å². The Morgan fingerprint density at radius 3 is 2.23 bits per heavy atom. The van der Waals surface area contributed by atoms with Crippen molar-refractivity contribution >= 4 is 5.91 Å². The molecule has 0 unspecified atom stereocenters. The highest BCUT2D eigenvalue weighted by atomic mass is 16.5. The Hall–Kier alpha value is -2.91. The minimum Gasteiger partial charge on any atom is -0.349 e. The Morgan fingerprint density at radius 1 is 0.846 bits per heavy atom. The molecule has 0 spiro atoms. The second-order valence-corrected chi connectivity index (χ2v) is 6.99. The highest BCUT2D eigenvalue weighted by molar-refractivity contribution is 6.03. The van der Waals surface area contributed by atoms with Crippen molar-refractivity contribution in [1.82, 2.24) is 4.90 Å². The second-order valence-electron chi connectivity index (χ2n) is 6.99. The monoisotopic (exact) mass is 341 g/mol. The molecule has 128 valence electrons. The SMILES string of the molecule is C[C@@]12OC[C@@H](c3ccccc3)N1C(=O)c1ccccc1-c1ccccc12. The molecule has 3 aromatic carbocycles. The summed E-state index contributed by atoms with van der Waals surface area (Å²) in [5.74, 6) is 0.0191. The number of fused-ring (bicyclic) bond motifs is 5. The van der Waals surface area contributed by atoms with Gasteiger partial charge in [-0.3, -0.25) is 9.69 Å². The molecule has 1 fully saturated rings. The zero-order chi connectivity index (χ0) is 17.7. The summed E-state index contributed by atoms with van der Waals surface area (Å²) >= 11 is 0. The van der Waals surface area contributed by atoms with Crippen molar-refractivity contribution in [3.63, 3.8) is 0 Å². The zero-order valence-corrected chi connectivity index (χ0v) is 14.6. The smallest absolute Gasteiger partial charge is 0.257 e. The van der Waals surface area contributed by atoms with Crippen molar-refractivity contribution in [2.24, 2.45) is 0 Å². The molecule has 3 heteroatoms. The molecular weight excluding hydrogens is 322 g/mol. The lowest BCUT2D eigenvalue weighted by Crippen LogP contribution is -2.44. The highest BCUT2D eigenvalue weighted by Gasteiger charge is 2.51. The van der Waals surface area contributed by atoms with E-state index in [0.29, 0.717) is 6.61 Å². The van der Waals surface area contributed by atoms with Gasteiger partial charge in [0, 0.05) is 11.1 Å². The second kappa shape index (κ2) is 5.55. The maximum Gasteiger partial charge on any atom is 0.257 e. The van der Waals surface area contributed by atoms with Crippen molar-refractivity contribution in [1.29, 1.82) is 0 Å². The fraction of sp³-hybridized carbons (Fsp3) is 0.174. The molecule has 0 aromatic heterocycles. The summed E-state index contributed by atoms with van der Waals surface area (Å²) in [7, 11) is 0. The number of ether oxygens (including phenoxy) is 1. The number of amides is 1. The molecule has 2 atom stereocenters. The third-order valence-electron chi connectivity index (χ3n) is 5.57. The molecule has 2 aliphatic rings. The summed E-state index contributed by atoms with van der Waals surface area (Å²) in [6.45, 7) is 2.50. The normalized spacial score (nSPS) is 23.8. The van der Waals surface area contributed by atoms with E-state index >= 15 is 0 Å². The lowest BCUT2D eigenvalue weighted by atomic mass is 9.93. The Morgan fingerprint density at radius 2 is 1.46 bits per heavy atom. The molecule has 5 rings (SSSR count). The van der Waals surface area contributed by atoms with Gasteiger partial charge < -0.3 is 4.74 Å². The maximum absolute atomic E-state index is 13.6. The van der Waals surface area contributed by atoms with E-state index in [0.717, 1.165) is 27.8 Å². The van der Waals surface area contributed by atoms with E-state index in [1.54, 1.807) is 0 Å².